The fraction of sp³-hybridized carbons (Fsp3) is 0.667. The van der Waals surface area contributed by atoms with Gasteiger partial charge in [0.15, 0.2) is 5.78 Å². The van der Waals surface area contributed by atoms with Crippen molar-refractivity contribution in [1.82, 2.24) is 0 Å². The van der Waals surface area contributed by atoms with Gasteiger partial charge in [-0.15, -0.1) is 0 Å². The van der Waals surface area contributed by atoms with Crippen molar-refractivity contribution in [3.8, 4) is 0 Å². The van der Waals surface area contributed by atoms with E-state index in [1.165, 1.54) is 51.0 Å². The molecule has 0 aromatic rings. The summed E-state index contributed by atoms with van der Waals surface area (Å²) in [5, 5.41) is 10.2. The van der Waals surface area contributed by atoms with Crippen LogP contribution in [0.3, 0.4) is 0 Å². The van der Waals surface area contributed by atoms with Crippen molar-refractivity contribution < 1.29 is 14.7 Å². The van der Waals surface area contributed by atoms with E-state index in [0.29, 0.717) is 6.42 Å². The van der Waals surface area contributed by atoms with Crippen LogP contribution >= 0.6 is 0 Å². The van der Waals surface area contributed by atoms with E-state index in [1.54, 1.807) is 6.08 Å². The van der Waals surface area contributed by atoms with E-state index in [4.69, 9.17) is 0 Å². The monoisotopic (exact) mass is 293 g/mol. The largest absolute Gasteiger partial charge is 0.550 e. The van der Waals surface area contributed by atoms with Crippen molar-refractivity contribution >= 4 is 11.8 Å². The van der Waals surface area contributed by atoms with Crippen LogP contribution in [0.1, 0.15) is 77.6 Å². The molecule has 0 bridgehead atoms. The lowest BCUT2D eigenvalue weighted by molar-refractivity contribution is -0.305. The first-order valence-electron chi connectivity index (χ1n) is 8.22. The number of hydrogen-bond donors (Lipinski definition) is 0. The third-order valence-corrected chi connectivity index (χ3v) is 3.31. The molecule has 3 nitrogen and oxygen atoms in total. The highest BCUT2D eigenvalue weighted by atomic mass is 16.4. The molecule has 0 amide bonds. The molecule has 0 unspecified atom stereocenters. The first kappa shape index (κ1) is 19.6. The molecule has 0 aromatic heterocycles. The number of hydrogen-bond acceptors (Lipinski definition) is 3. The van der Waals surface area contributed by atoms with Gasteiger partial charge in [-0.25, -0.2) is 0 Å². The van der Waals surface area contributed by atoms with Crippen LogP contribution in [0.2, 0.25) is 0 Å². The van der Waals surface area contributed by atoms with Gasteiger partial charge in [0.1, 0.15) is 0 Å². The van der Waals surface area contributed by atoms with Gasteiger partial charge in [0.05, 0.1) is 0 Å². The van der Waals surface area contributed by atoms with Gasteiger partial charge in [0.2, 0.25) is 0 Å². The SMILES string of the molecule is CCCCCCCCC/C=C\C=C\C(=O)CCCC(=O)[O-]. The summed E-state index contributed by atoms with van der Waals surface area (Å²) in [6.07, 6.45) is 18.0. The van der Waals surface area contributed by atoms with E-state index in [9.17, 15) is 14.7 Å². The average Bonchev–Trinajstić information content (AvgIpc) is 2.44. The summed E-state index contributed by atoms with van der Waals surface area (Å²) < 4.78 is 0. The highest BCUT2D eigenvalue weighted by Gasteiger charge is 1.95. The Morgan fingerprint density at radius 2 is 1.52 bits per heavy atom. The van der Waals surface area contributed by atoms with Crippen LogP contribution in [0.5, 0.6) is 0 Å². The molecule has 0 heterocycles. The summed E-state index contributed by atoms with van der Waals surface area (Å²) in [5.74, 6) is -1.13. The maximum atomic E-state index is 11.4. The Kier molecular flexibility index (Phi) is 14.0. The van der Waals surface area contributed by atoms with E-state index in [0.717, 1.165) is 6.42 Å². The van der Waals surface area contributed by atoms with E-state index in [-0.39, 0.29) is 18.6 Å². The van der Waals surface area contributed by atoms with E-state index in [2.05, 4.69) is 13.0 Å². The number of allylic oxidation sites excluding steroid dienone is 4. The molecule has 0 aliphatic heterocycles. The quantitative estimate of drug-likeness (QED) is 0.278. The van der Waals surface area contributed by atoms with Gasteiger partial charge in [-0.3, -0.25) is 4.79 Å². The molecule has 0 aliphatic rings. The Morgan fingerprint density at radius 3 is 2.19 bits per heavy atom. The fourth-order valence-electron chi connectivity index (χ4n) is 2.05. The Morgan fingerprint density at radius 1 is 0.857 bits per heavy atom. The molecule has 0 rings (SSSR count). The standard InChI is InChI=1S/C18H30O3/c1-2-3-4-5-6-7-8-9-10-11-12-14-17(19)15-13-16-18(20)21/h10-12,14H,2-9,13,15-16H2,1H3,(H,20,21)/p-1/b11-10-,14-12+. The van der Waals surface area contributed by atoms with Gasteiger partial charge in [-0.05, 0) is 31.8 Å². The Balaban J connectivity index is 3.43. The molecule has 0 aromatic carbocycles. The van der Waals surface area contributed by atoms with Crippen LogP contribution in [0.25, 0.3) is 0 Å². The van der Waals surface area contributed by atoms with Crippen LogP contribution in [0.4, 0.5) is 0 Å². The van der Waals surface area contributed by atoms with Gasteiger partial charge < -0.3 is 9.90 Å². The van der Waals surface area contributed by atoms with Crippen molar-refractivity contribution in [2.75, 3.05) is 0 Å². The van der Waals surface area contributed by atoms with Crippen LogP contribution in [-0.4, -0.2) is 11.8 Å². The Bertz CT molecular complexity index is 329. The number of carbonyl (C=O) groups excluding carboxylic acids is 2. The summed E-state index contributed by atoms with van der Waals surface area (Å²) in [7, 11) is 0. The first-order chi connectivity index (χ1) is 10.2. The zero-order chi connectivity index (χ0) is 15.8. The Hall–Kier alpha value is -1.38. The number of carboxylic acids is 1. The van der Waals surface area contributed by atoms with Crippen LogP contribution in [0.15, 0.2) is 24.3 Å². The van der Waals surface area contributed by atoms with Gasteiger partial charge in [0, 0.05) is 12.4 Å². The maximum absolute atomic E-state index is 11.4. The molecule has 0 aliphatic carbocycles. The number of aliphatic carboxylic acids is 1. The predicted octanol–water partition coefficient (Wildman–Crippen LogP) is 3.73. The van der Waals surface area contributed by atoms with E-state index in [1.807, 2.05) is 6.08 Å². The summed E-state index contributed by atoms with van der Waals surface area (Å²) in [6, 6.07) is 0. The third kappa shape index (κ3) is 16.6. The summed E-state index contributed by atoms with van der Waals surface area (Å²) in [5.41, 5.74) is 0. The van der Waals surface area contributed by atoms with E-state index < -0.39 is 5.97 Å². The molecular formula is C18H29O3-. The Labute approximate surface area is 129 Å². The minimum absolute atomic E-state index is 0.0307. The lowest BCUT2D eigenvalue weighted by atomic mass is 10.1. The lowest BCUT2D eigenvalue weighted by Gasteiger charge is -1.98. The van der Waals surface area contributed by atoms with Crippen LogP contribution in [0, 0.1) is 0 Å². The number of carbonyl (C=O) groups is 2. The van der Waals surface area contributed by atoms with Gasteiger partial charge in [-0.2, -0.15) is 0 Å². The van der Waals surface area contributed by atoms with Crippen molar-refractivity contribution in [3.05, 3.63) is 24.3 Å². The highest BCUT2D eigenvalue weighted by Crippen LogP contribution is 2.08. The predicted molar refractivity (Wildman–Crippen MR) is 84.8 cm³/mol. The topological polar surface area (TPSA) is 57.2 Å². The third-order valence-electron chi connectivity index (χ3n) is 3.31. The minimum Gasteiger partial charge on any atom is -0.550 e. The summed E-state index contributed by atoms with van der Waals surface area (Å²) in [6.45, 7) is 2.23. The summed E-state index contributed by atoms with van der Waals surface area (Å²) in [4.78, 5) is 21.5. The van der Waals surface area contributed by atoms with Gasteiger partial charge in [-0.1, -0.05) is 63.7 Å². The van der Waals surface area contributed by atoms with Gasteiger partial charge >= 0.3 is 0 Å². The second-order valence-corrected chi connectivity index (χ2v) is 5.39. The van der Waals surface area contributed by atoms with Crippen molar-refractivity contribution in [1.29, 1.82) is 0 Å². The molecule has 0 saturated carbocycles. The second-order valence-electron chi connectivity index (χ2n) is 5.39. The zero-order valence-electron chi connectivity index (χ0n) is 13.3. The average molecular weight is 293 g/mol. The minimum atomic E-state index is -1.10. The molecule has 0 fully saturated rings. The fourth-order valence-corrected chi connectivity index (χ4v) is 2.05. The molecule has 0 N–H and O–H groups in total. The molecule has 0 spiro atoms. The highest BCUT2D eigenvalue weighted by molar-refractivity contribution is 5.90. The second kappa shape index (κ2) is 15.0. The van der Waals surface area contributed by atoms with Crippen molar-refractivity contribution in [3.63, 3.8) is 0 Å². The maximum Gasteiger partial charge on any atom is 0.155 e. The molecule has 0 radical (unpaired) electrons. The number of ketones is 1. The molecule has 0 saturated heterocycles. The molecule has 120 valence electrons. The smallest absolute Gasteiger partial charge is 0.155 e. The molecule has 3 heteroatoms. The zero-order valence-corrected chi connectivity index (χ0v) is 13.3. The van der Waals surface area contributed by atoms with Crippen molar-refractivity contribution in [2.45, 2.75) is 77.6 Å². The summed E-state index contributed by atoms with van der Waals surface area (Å²) >= 11 is 0. The lowest BCUT2D eigenvalue weighted by Crippen LogP contribution is -2.21. The molecule has 0 atom stereocenters. The van der Waals surface area contributed by atoms with E-state index >= 15 is 0 Å². The molecular weight excluding hydrogens is 264 g/mol. The first-order valence-corrected chi connectivity index (χ1v) is 8.22. The normalized spacial score (nSPS) is 11.5. The van der Waals surface area contributed by atoms with Crippen molar-refractivity contribution in [2.24, 2.45) is 0 Å². The van der Waals surface area contributed by atoms with Crippen LogP contribution < -0.4 is 5.11 Å². The van der Waals surface area contributed by atoms with Crippen LogP contribution in [-0.2, 0) is 9.59 Å². The number of rotatable bonds is 14. The van der Waals surface area contributed by atoms with Gasteiger partial charge in [0.25, 0.3) is 0 Å². The number of unbranched alkanes of at least 4 members (excludes halogenated alkanes) is 7. The molecule has 21 heavy (non-hydrogen) atoms. The number of carboxylic acid groups (broad SMARTS) is 1.